The van der Waals surface area contributed by atoms with Crippen LogP contribution in [0.5, 0.6) is 0 Å². The Kier molecular flexibility index (Phi) is 3.89. The summed E-state index contributed by atoms with van der Waals surface area (Å²) in [5, 5.41) is 0. The van der Waals surface area contributed by atoms with E-state index in [0.29, 0.717) is 0 Å². The molecule has 2 nitrogen and oxygen atoms in total. The average Bonchev–Trinajstić information content (AvgIpc) is 2.30. The van der Waals surface area contributed by atoms with E-state index in [2.05, 4.69) is 60.5 Å². The zero-order valence-electron chi connectivity index (χ0n) is 8.72. The first kappa shape index (κ1) is 11.3. The molecule has 0 saturated carbocycles. The van der Waals surface area contributed by atoms with Gasteiger partial charge in [0, 0.05) is 18.4 Å². The summed E-state index contributed by atoms with van der Waals surface area (Å²) in [6.07, 6.45) is 0. The first-order valence-corrected chi connectivity index (χ1v) is 4.72. The van der Waals surface area contributed by atoms with E-state index in [-0.39, 0.29) is 5.48 Å². The molecule has 2 rings (SSSR count). The van der Waals surface area contributed by atoms with Crippen molar-refractivity contribution >= 4 is 11.4 Å². The lowest BCUT2D eigenvalue weighted by atomic mass is 10.2. The van der Waals surface area contributed by atoms with E-state index in [0.717, 1.165) is 0 Å². The van der Waals surface area contributed by atoms with Crippen LogP contribution >= 0.6 is 0 Å². The summed E-state index contributed by atoms with van der Waals surface area (Å²) in [4.78, 5) is 2.17. The molecule has 2 aromatic carbocycles. The summed E-state index contributed by atoms with van der Waals surface area (Å²) < 4.78 is 0. The van der Waals surface area contributed by atoms with E-state index >= 15 is 0 Å². The average molecular weight is 201 g/mol. The van der Waals surface area contributed by atoms with Gasteiger partial charge in [0.2, 0.25) is 0 Å². The van der Waals surface area contributed by atoms with Crippen LogP contribution in [0, 0.1) is 0 Å². The van der Waals surface area contributed by atoms with Crippen molar-refractivity contribution in [3.63, 3.8) is 0 Å². The molecule has 0 amide bonds. The Morgan fingerprint density at radius 1 is 0.667 bits per heavy atom. The van der Waals surface area contributed by atoms with Crippen LogP contribution in [0.25, 0.3) is 0 Å². The highest BCUT2D eigenvalue weighted by molar-refractivity contribution is 5.61. The molecule has 2 N–H and O–H groups in total. The van der Waals surface area contributed by atoms with Gasteiger partial charge in [0.15, 0.2) is 0 Å². The zero-order valence-corrected chi connectivity index (χ0v) is 8.72. The Bertz CT molecular complexity index is 346. The lowest BCUT2D eigenvalue weighted by Gasteiger charge is -2.18. The molecule has 15 heavy (non-hydrogen) atoms. The highest BCUT2D eigenvalue weighted by Gasteiger charge is 2.00. The van der Waals surface area contributed by atoms with Crippen molar-refractivity contribution in [2.45, 2.75) is 0 Å². The van der Waals surface area contributed by atoms with Gasteiger partial charge < -0.3 is 10.4 Å². The summed E-state index contributed by atoms with van der Waals surface area (Å²) in [5.74, 6) is 0. The SMILES string of the molecule is CN(c1ccccc1)c1ccccc1.O. The van der Waals surface area contributed by atoms with Gasteiger partial charge in [-0.2, -0.15) is 0 Å². The second kappa shape index (κ2) is 5.17. The van der Waals surface area contributed by atoms with Gasteiger partial charge in [-0.25, -0.2) is 0 Å². The molecular weight excluding hydrogens is 186 g/mol. The Morgan fingerprint density at radius 3 is 1.33 bits per heavy atom. The van der Waals surface area contributed by atoms with Gasteiger partial charge in [0.05, 0.1) is 0 Å². The highest BCUT2D eigenvalue weighted by Crippen LogP contribution is 2.21. The summed E-state index contributed by atoms with van der Waals surface area (Å²) in [6, 6.07) is 20.7. The molecule has 0 heterocycles. The van der Waals surface area contributed by atoms with Crippen LogP contribution in [0.4, 0.5) is 11.4 Å². The van der Waals surface area contributed by atoms with Gasteiger partial charge in [0.1, 0.15) is 0 Å². The van der Waals surface area contributed by atoms with Gasteiger partial charge >= 0.3 is 0 Å². The molecule has 78 valence electrons. The smallest absolute Gasteiger partial charge is 0.0408 e. The standard InChI is InChI=1S/C13H13N.H2O/c1-14(12-8-4-2-5-9-12)13-10-6-3-7-11-13;/h2-11H,1H3;1H2. The molecule has 0 radical (unpaired) electrons. The van der Waals surface area contributed by atoms with Crippen molar-refractivity contribution in [3.8, 4) is 0 Å². The Hall–Kier alpha value is -1.80. The number of anilines is 2. The van der Waals surface area contributed by atoms with Crippen LogP contribution in [-0.4, -0.2) is 12.5 Å². The van der Waals surface area contributed by atoms with Crippen LogP contribution in [0.15, 0.2) is 60.7 Å². The van der Waals surface area contributed by atoms with E-state index < -0.39 is 0 Å². The predicted molar refractivity (Wildman–Crippen MR) is 64.6 cm³/mol. The first-order valence-electron chi connectivity index (χ1n) is 4.72. The molecule has 0 saturated heterocycles. The van der Waals surface area contributed by atoms with Crippen LogP contribution in [0.3, 0.4) is 0 Å². The van der Waals surface area contributed by atoms with E-state index in [1.54, 1.807) is 0 Å². The Balaban J connectivity index is 0.00000112. The maximum absolute atomic E-state index is 2.17. The number of nitrogens with zero attached hydrogens (tertiary/aromatic N) is 1. The number of para-hydroxylation sites is 2. The third-order valence-corrected chi connectivity index (χ3v) is 2.29. The monoisotopic (exact) mass is 201 g/mol. The molecule has 0 unspecified atom stereocenters. The molecule has 2 aromatic rings. The molecule has 0 aliphatic rings. The van der Waals surface area contributed by atoms with Crippen LogP contribution < -0.4 is 4.90 Å². The van der Waals surface area contributed by atoms with Crippen molar-refractivity contribution in [2.24, 2.45) is 0 Å². The second-order valence-electron chi connectivity index (χ2n) is 3.23. The fourth-order valence-corrected chi connectivity index (χ4v) is 1.45. The van der Waals surface area contributed by atoms with Crippen molar-refractivity contribution in [1.82, 2.24) is 0 Å². The predicted octanol–water partition coefficient (Wildman–Crippen LogP) is 2.63. The highest BCUT2D eigenvalue weighted by atomic mass is 16.0. The molecule has 0 bridgehead atoms. The summed E-state index contributed by atoms with van der Waals surface area (Å²) >= 11 is 0. The molecular formula is C13H15NO. The van der Waals surface area contributed by atoms with Crippen LogP contribution in [0.1, 0.15) is 0 Å². The lowest BCUT2D eigenvalue weighted by molar-refractivity contribution is 0.824. The topological polar surface area (TPSA) is 34.7 Å². The molecule has 0 spiro atoms. The summed E-state index contributed by atoms with van der Waals surface area (Å²) in [5.41, 5.74) is 2.41. The lowest BCUT2D eigenvalue weighted by Crippen LogP contribution is -2.08. The number of benzene rings is 2. The normalized spacial score (nSPS) is 9.13. The van der Waals surface area contributed by atoms with Gasteiger partial charge in [-0.3, -0.25) is 0 Å². The van der Waals surface area contributed by atoms with Gasteiger partial charge in [0.25, 0.3) is 0 Å². The van der Waals surface area contributed by atoms with E-state index in [4.69, 9.17) is 0 Å². The largest absolute Gasteiger partial charge is 0.412 e. The van der Waals surface area contributed by atoms with Crippen molar-refractivity contribution in [3.05, 3.63) is 60.7 Å². The summed E-state index contributed by atoms with van der Waals surface area (Å²) in [7, 11) is 2.07. The Labute approximate surface area is 90.1 Å². The molecule has 0 atom stereocenters. The third kappa shape index (κ3) is 2.58. The number of hydrogen-bond donors (Lipinski definition) is 0. The van der Waals surface area contributed by atoms with Gasteiger partial charge in [-0.1, -0.05) is 36.4 Å². The number of rotatable bonds is 2. The van der Waals surface area contributed by atoms with E-state index in [1.165, 1.54) is 11.4 Å². The fourth-order valence-electron chi connectivity index (χ4n) is 1.45. The fraction of sp³-hybridized carbons (Fsp3) is 0.0769. The first-order chi connectivity index (χ1) is 6.88. The maximum Gasteiger partial charge on any atom is 0.0408 e. The third-order valence-electron chi connectivity index (χ3n) is 2.29. The molecule has 0 aromatic heterocycles. The minimum absolute atomic E-state index is 0. The second-order valence-corrected chi connectivity index (χ2v) is 3.23. The van der Waals surface area contributed by atoms with Crippen LogP contribution in [-0.2, 0) is 0 Å². The molecule has 0 aliphatic carbocycles. The van der Waals surface area contributed by atoms with Crippen molar-refractivity contribution in [1.29, 1.82) is 0 Å². The number of hydrogen-bond acceptors (Lipinski definition) is 1. The quantitative estimate of drug-likeness (QED) is 0.735. The summed E-state index contributed by atoms with van der Waals surface area (Å²) in [6.45, 7) is 0. The zero-order chi connectivity index (χ0) is 9.80. The minimum Gasteiger partial charge on any atom is -0.412 e. The molecule has 2 heteroatoms. The van der Waals surface area contributed by atoms with Crippen molar-refractivity contribution < 1.29 is 5.48 Å². The van der Waals surface area contributed by atoms with E-state index in [9.17, 15) is 0 Å². The minimum atomic E-state index is 0. The van der Waals surface area contributed by atoms with Gasteiger partial charge in [-0.05, 0) is 24.3 Å². The Morgan fingerprint density at radius 2 is 1.00 bits per heavy atom. The van der Waals surface area contributed by atoms with E-state index in [1.807, 2.05) is 12.1 Å². The maximum atomic E-state index is 2.17. The van der Waals surface area contributed by atoms with Crippen molar-refractivity contribution in [2.75, 3.05) is 11.9 Å². The molecule has 0 fully saturated rings. The van der Waals surface area contributed by atoms with Gasteiger partial charge in [-0.15, -0.1) is 0 Å². The van der Waals surface area contributed by atoms with Crippen LogP contribution in [0.2, 0.25) is 0 Å². The molecule has 0 aliphatic heterocycles.